The summed E-state index contributed by atoms with van der Waals surface area (Å²) in [5, 5.41) is 73.5. The zero-order chi connectivity index (χ0) is 32.9. The van der Waals surface area contributed by atoms with Crippen LogP contribution in [-0.2, 0) is 14.3 Å². The summed E-state index contributed by atoms with van der Waals surface area (Å²) in [6.45, 7) is 12.4. The van der Waals surface area contributed by atoms with Crippen molar-refractivity contribution in [1.29, 1.82) is 0 Å². The molecule has 6 rings (SSSR count). The van der Waals surface area contributed by atoms with E-state index in [4.69, 9.17) is 9.47 Å². The highest BCUT2D eigenvalue weighted by molar-refractivity contribution is 5.79. The predicted molar refractivity (Wildman–Crippen MR) is 163 cm³/mol. The maximum atomic E-state index is 14.3. The Morgan fingerprint density at radius 1 is 0.978 bits per heavy atom. The highest BCUT2D eigenvalue weighted by atomic mass is 16.7. The lowest BCUT2D eigenvalue weighted by Crippen LogP contribution is -2.68. The Balaban J connectivity index is 1.35. The summed E-state index contributed by atoms with van der Waals surface area (Å²) in [7, 11) is 0. The van der Waals surface area contributed by atoms with Gasteiger partial charge in [0.1, 0.15) is 24.4 Å². The first-order valence-corrected chi connectivity index (χ1v) is 16.9. The normalized spacial score (nSPS) is 54.6. The number of carbonyl (C=O) groups excluding carboxylic acids is 1. The third kappa shape index (κ3) is 4.46. The van der Waals surface area contributed by atoms with Crippen molar-refractivity contribution < 1.29 is 50.0 Å². The van der Waals surface area contributed by atoms with Gasteiger partial charge in [-0.1, -0.05) is 51.5 Å². The zero-order valence-electron chi connectivity index (χ0n) is 27.2. The molecule has 5 aliphatic carbocycles. The van der Waals surface area contributed by atoms with Crippen molar-refractivity contribution in [3.05, 3.63) is 23.8 Å². The van der Waals surface area contributed by atoms with Crippen LogP contribution in [0.1, 0.15) is 85.5 Å². The Hall–Kier alpha value is -1.37. The Morgan fingerprint density at radius 3 is 2.36 bits per heavy atom. The number of ether oxygens (including phenoxy) is 2. The van der Waals surface area contributed by atoms with Crippen LogP contribution in [0.25, 0.3) is 0 Å². The van der Waals surface area contributed by atoms with Gasteiger partial charge in [-0.25, -0.2) is 0 Å². The van der Waals surface area contributed by atoms with E-state index in [1.165, 1.54) is 5.57 Å². The van der Waals surface area contributed by atoms with Gasteiger partial charge in [0.2, 0.25) is 6.29 Å². The first-order valence-electron chi connectivity index (χ1n) is 16.9. The van der Waals surface area contributed by atoms with Gasteiger partial charge in [-0.15, -0.1) is 0 Å². The van der Waals surface area contributed by atoms with Gasteiger partial charge in [-0.3, -0.25) is 4.79 Å². The maximum absolute atomic E-state index is 14.3. The molecule has 0 amide bonds. The molecule has 6 aliphatic rings. The fourth-order valence-corrected chi connectivity index (χ4v) is 11.7. The lowest BCUT2D eigenvalue weighted by Gasteiger charge is -2.71. The molecule has 0 spiro atoms. The molecule has 0 radical (unpaired) electrons. The molecule has 10 nitrogen and oxygen atoms in total. The largest absolute Gasteiger partial charge is 0.432 e. The van der Waals surface area contributed by atoms with Crippen LogP contribution in [0.3, 0.4) is 0 Å². The van der Waals surface area contributed by atoms with Gasteiger partial charge in [-0.05, 0) is 85.9 Å². The van der Waals surface area contributed by atoms with Gasteiger partial charge in [0.15, 0.2) is 0 Å². The topological polar surface area (TPSA) is 177 Å². The lowest BCUT2D eigenvalue weighted by atomic mass is 9.33. The second-order valence-corrected chi connectivity index (χ2v) is 16.4. The maximum Gasteiger partial charge on any atom is 0.315 e. The second kappa shape index (κ2) is 11.1. The monoisotopic (exact) mass is 634 g/mol. The third-order valence-electron chi connectivity index (χ3n) is 14.6. The molecular weight excluding hydrogens is 580 g/mol. The SMILES string of the molecule is C=C1CC[C@]2(C(=O)O[C@@H]3O[C@H](CO)[C@@H](O)[C@H](O)[C@H]3O)CC[C@]3(C)C(=CC[C@@H]4[C@@]5(C)C[C@@H](O)[C@H](O)[C@@](C)(CO)[C@@H]5CC[C@]43C)[C@@H]2C1. The van der Waals surface area contributed by atoms with Gasteiger partial charge in [0.05, 0.1) is 30.8 Å². The van der Waals surface area contributed by atoms with E-state index < -0.39 is 66.3 Å². The molecule has 1 heterocycles. The average molecular weight is 635 g/mol. The molecule has 1 saturated heterocycles. The smallest absolute Gasteiger partial charge is 0.315 e. The number of carbonyl (C=O) groups is 1. The molecule has 254 valence electrons. The van der Waals surface area contributed by atoms with E-state index in [2.05, 4.69) is 33.4 Å². The van der Waals surface area contributed by atoms with Crippen LogP contribution >= 0.6 is 0 Å². The summed E-state index contributed by atoms with van der Waals surface area (Å²) in [6.07, 6.45) is -0.973. The number of hydrogen-bond acceptors (Lipinski definition) is 10. The van der Waals surface area contributed by atoms with Gasteiger partial charge < -0.3 is 45.2 Å². The van der Waals surface area contributed by atoms with Crippen molar-refractivity contribution in [2.75, 3.05) is 13.2 Å². The first kappa shape index (κ1) is 33.5. The number of esters is 1. The number of allylic oxidation sites excluding steroid dienone is 3. The van der Waals surface area contributed by atoms with E-state index in [1.54, 1.807) is 0 Å². The van der Waals surface area contributed by atoms with Crippen molar-refractivity contribution in [3.63, 3.8) is 0 Å². The van der Waals surface area contributed by atoms with Crippen LogP contribution in [0, 0.1) is 44.8 Å². The van der Waals surface area contributed by atoms with Crippen molar-refractivity contribution in [2.45, 2.75) is 128 Å². The van der Waals surface area contributed by atoms with Crippen LogP contribution in [0.2, 0.25) is 0 Å². The number of rotatable bonds is 4. The molecule has 15 atom stereocenters. The molecule has 5 fully saturated rings. The van der Waals surface area contributed by atoms with Crippen LogP contribution in [0.4, 0.5) is 0 Å². The standard InChI is InChI=1S/C35H54O10/c1-18-8-11-35(30(43)45-29-27(41)26(40)25(39)22(16-36)44-29)13-12-33(4)19(20(35)14-18)6-7-24-31(2)15-21(38)28(42)32(3,17-37)23(31)9-10-34(24,33)5/h6,20-29,36-42H,1,7-17H2,2-5H3/t20-,21+,22+,23+,24+,25+,26-,27+,28-,29-,31-,32-,33+,34+,35-/m0/s1. The number of fused-ring (bicyclic) bond motifs is 7. The molecule has 1 aliphatic heterocycles. The van der Waals surface area contributed by atoms with Crippen molar-refractivity contribution in [2.24, 2.45) is 44.8 Å². The van der Waals surface area contributed by atoms with Crippen LogP contribution in [0.5, 0.6) is 0 Å². The fourth-order valence-electron chi connectivity index (χ4n) is 11.7. The fraction of sp³-hybridized carbons (Fsp3) is 0.857. The molecule has 0 bridgehead atoms. The quantitative estimate of drug-likeness (QED) is 0.179. The Morgan fingerprint density at radius 2 is 1.69 bits per heavy atom. The van der Waals surface area contributed by atoms with Gasteiger partial charge in [-0.2, -0.15) is 0 Å². The van der Waals surface area contributed by atoms with Gasteiger partial charge >= 0.3 is 5.97 Å². The summed E-state index contributed by atoms with van der Waals surface area (Å²) >= 11 is 0. The molecule has 45 heavy (non-hydrogen) atoms. The molecule has 0 unspecified atom stereocenters. The molecule has 4 saturated carbocycles. The average Bonchev–Trinajstić information content (AvgIpc) is 3.00. The minimum atomic E-state index is -1.66. The highest BCUT2D eigenvalue weighted by Crippen LogP contribution is 2.75. The Kier molecular flexibility index (Phi) is 8.26. The molecule has 7 N–H and O–H groups in total. The third-order valence-corrected chi connectivity index (χ3v) is 14.6. The van der Waals surface area contributed by atoms with E-state index in [1.807, 2.05) is 6.92 Å². The van der Waals surface area contributed by atoms with Crippen molar-refractivity contribution in [1.82, 2.24) is 0 Å². The highest BCUT2D eigenvalue weighted by Gasteiger charge is 2.70. The van der Waals surface area contributed by atoms with Crippen LogP contribution in [0.15, 0.2) is 23.8 Å². The van der Waals surface area contributed by atoms with Crippen LogP contribution < -0.4 is 0 Å². The first-order chi connectivity index (χ1) is 21.0. The minimum Gasteiger partial charge on any atom is -0.432 e. The predicted octanol–water partition coefficient (Wildman–Crippen LogP) is 1.97. The Labute approximate surface area is 266 Å². The van der Waals surface area contributed by atoms with E-state index in [-0.39, 0.29) is 40.6 Å². The minimum absolute atomic E-state index is 0.0516. The molecular formula is C35H54O10. The lowest BCUT2D eigenvalue weighted by molar-refractivity contribution is -0.297. The molecule has 0 aromatic rings. The summed E-state index contributed by atoms with van der Waals surface area (Å²) in [5.74, 6) is -0.417. The zero-order valence-corrected chi connectivity index (χ0v) is 27.2. The summed E-state index contributed by atoms with van der Waals surface area (Å²) in [6, 6.07) is 0. The summed E-state index contributed by atoms with van der Waals surface area (Å²) in [5.41, 5.74) is -0.0788. The summed E-state index contributed by atoms with van der Waals surface area (Å²) in [4.78, 5) is 14.3. The van der Waals surface area contributed by atoms with Crippen molar-refractivity contribution >= 4 is 5.97 Å². The molecule has 10 heteroatoms. The Bertz CT molecular complexity index is 1230. The van der Waals surface area contributed by atoms with E-state index in [9.17, 15) is 40.5 Å². The van der Waals surface area contributed by atoms with Gasteiger partial charge in [0.25, 0.3) is 0 Å². The van der Waals surface area contributed by atoms with Crippen LogP contribution in [-0.4, -0.2) is 97.8 Å². The number of aliphatic hydroxyl groups is 7. The van der Waals surface area contributed by atoms with Gasteiger partial charge in [0, 0.05) is 11.3 Å². The second-order valence-electron chi connectivity index (χ2n) is 16.4. The van der Waals surface area contributed by atoms with E-state index >= 15 is 0 Å². The number of hydrogen-bond donors (Lipinski definition) is 7. The molecule has 0 aromatic carbocycles. The van der Waals surface area contributed by atoms with Crippen molar-refractivity contribution in [3.8, 4) is 0 Å². The summed E-state index contributed by atoms with van der Waals surface area (Å²) < 4.78 is 11.4. The number of aliphatic hydroxyl groups excluding tert-OH is 7. The molecule has 0 aromatic heterocycles. The van der Waals surface area contributed by atoms with E-state index in [0.29, 0.717) is 32.1 Å². The van der Waals surface area contributed by atoms with E-state index in [0.717, 1.165) is 31.3 Å².